The summed E-state index contributed by atoms with van der Waals surface area (Å²) in [7, 11) is 0. The Hall–Kier alpha value is -1.62. The summed E-state index contributed by atoms with van der Waals surface area (Å²) in [5.41, 5.74) is 0.165. The van der Waals surface area contributed by atoms with Crippen LogP contribution in [0, 0.1) is 5.92 Å². The normalized spacial score (nSPS) is 10.5. The third-order valence-electron chi connectivity index (χ3n) is 1.91. The largest absolute Gasteiger partial charge is 0.478 e. The van der Waals surface area contributed by atoms with E-state index in [1.54, 1.807) is 0 Å². The molecule has 0 aliphatic carbocycles. The van der Waals surface area contributed by atoms with Crippen molar-refractivity contribution >= 4 is 5.97 Å². The van der Waals surface area contributed by atoms with Gasteiger partial charge in [0.15, 0.2) is 0 Å². The van der Waals surface area contributed by atoms with Gasteiger partial charge in [-0.2, -0.15) is 0 Å². The molecule has 0 atom stereocenters. The Bertz CT molecular complexity index is 365. The SMILES string of the molecule is CC(C)COCCOc1cc(C(=O)O)ccn1. The molecule has 5 heteroatoms. The third kappa shape index (κ3) is 5.31. The Balaban J connectivity index is 2.31. The highest BCUT2D eigenvalue weighted by Gasteiger charge is 2.04. The number of hydrogen-bond donors (Lipinski definition) is 1. The Labute approximate surface area is 100 Å². The van der Waals surface area contributed by atoms with Crippen LogP contribution in [0.5, 0.6) is 5.88 Å². The van der Waals surface area contributed by atoms with Crippen LogP contribution >= 0.6 is 0 Å². The van der Waals surface area contributed by atoms with Crippen LogP contribution in [-0.2, 0) is 4.74 Å². The minimum absolute atomic E-state index is 0.165. The molecule has 0 unspecified atom stereocenters. The van der Waals surface area contributed by atoms with Crippen LogP contribution in [-0.4, -0.2) is 35.9 Å². The van der Waals surface area contributed by atoms with E-state index < -0.39 is 5.97 Å². The summed E-state index contributed by atoms with van der Waals surface area (Å²) in [6, 6.07) is 2.81. The smallest absolute Gasteiger partial charge is 0.335 e. The predicted molar refractivity (Wildman–Crippen MR) is 62.3 cm³/mol. The lowest BCUT2D eigenvalue weighted by Crippen LogP contribution is -2.11. The number of nitrogens with zero attached hydrogens (tertiary/aromatic N) is 1. The molecule has 0 radical (unpaired) electrons. The van der Waals surface area contributed by atoms with E-state index in [-0.39, 0.29) is 5.56 Å². The summed E-state index contributed by atoms with van der Waals surface area (Å²) >= 11 is 0. The molecule has 0 spiro atoms. The number of rotatable bonds is 7. The van der Waals surface area contributed by atoms with Crippen molar-refractivity contribution in [2.24, 2.45) is 5.92 Å². The highest BCUT2D eigenvalue weighted by molar-refractivity contribution is 5.87. The molecule has 1 N–H and O–H groups in total. The molecule has 0 aromatic carbocycles. The van der Waals surface area contributed by atoms with Gasteiger partial charge in [-0.1, -0.05) is 13.8 Å². The van der Waals surface area contributed by atoms with E-state index in [0.717, 1.165) is 0 Å². The van der Waals surface area contributed by atoms with Gasteiger partial charge in [-0.05, 0) is 12.0 Å². The monoisotopic (exact) mass is 239 g/mol. The maximum absolute atomic E-state index is 10.7. The van der Waals surface area contributed by atoms with Crippen LogP contribution in [0.25, 0.3) is 0 Å². The first-order valence-electron chi connectivity index (χ1n) is 5.49. The number of aromatic carboxylic acids is 1. The molecule has 1 aromatic heterocycles. The molecule has 5 nitrogen and oxygen atoms in total. The zero-order valence-electron chi connectivity index (χ0n) is 10.0. The van der Waals surface area contributed by atoms with Crippen molar-refractivity contribution in [3.63, 3.8) is 0 Å². The zero-order chi connectivity index (χ0) is 12.7. The Kier molecular flexibility index (Phi) is 5.42. The molecule has 0 aliphatic rings. The molecule has 94 valence electrons. The average molecular weight is 239 g/mol. The van der Waals surface area contributed by atoms with Gasteiger partial charge >= 0.3 is 5.97 Å². The van der Waals surface area contributed by atoms with Gasteiger partial charge in [0.2, 0.25) is 5.88 Å². The van der Waals surface area contributed by atoms with Crippen molar-refractivity contribution in [1.29, 1.82) is 0 Å². The maximum atomic E-state index is 10.7. The number of carbonyl (C=O) groups is 1. The Morgan fingerprint density at radius 1 is 1.47 bits per heavy atom. The van der Waals surface area contributed by atoms with Gasteiger partial charge in [0.1, 0.15) is 6.61 Å². The van der Waals surface area contributed by atoms with Crippen molar-refractivity contribution in [3.05, 3.63) is 23.9 Å². The van der Waals surface area contributed by atoms with Crippen molar-refractivity contribution < 1.29 is 19.4 Å². The molecule has 1 heterocycles. The first-order chi connectivity index (χ1) is 8.09. The molecule has 1 rings (SSSR count). The Morgan fingerprint density at radius 3 is 2.88 bits per heavy atom. The number of carboxylic acids is 1. The quantitative estimate of drug-likeness (QED) is 0.735. The van der Waals surface area contributed by atoms with E-state index >= 15 is 0 Å². The summed E-state index contributed by atoms with van der Waals surface area (Å²) in [5, 5.41) is 8.77. The van der Waals surface area contributed by atoms with Crippen molar-refractivity contribution in [2.45, 2.75) is 13.8 Å². The number of carboxylic acid groups (broad SMARTS) is 1. The van der Waals surface area contributed by atoms with Crippen LogP contribution in [0.15, 0.2) is 18.3 Å². The molecule has 0 bridgehead atoms. The summed E-state index contributed by atoms with van der Waals surface area (Å²) in [6.45, 7) is 5.66. The standard InChI is InChI=1S/C12H17NO4/c1-9(2)8-16-5-6-17-11-7-10(12(14)15)3-4-13-11/h3-4,7,9H,5-6,8H2,1-2H3,(H,14,15). The van der Waals surface area contributed by atoms with Gasteiger partial charge in [0, 0.05) is 18.9 Å². The van der Waals surface area contributed by atoms with Gasteiger partial charge in [0.05, 0.1) is 12.2 Å². The van der Waals surface area contributed by atoms with E-state index in [2.05, 4.69) is 18.8 Å². The van der Waals surface area contributed by atoms with E-state index in [9.17, 15) is 4.79 Å². The number of aromatic nitrogens is 1. The second-order valence-electron chi connectivity index (χ2n) is 4.01. The van der Waals surface area contributed by atoms with Gasteiger partial charge in [-0.3, -0.25) is 0 Å². The van der Waals surface area contributed by atoms with Crippen LogP contribution in [0.3, 0.4) is 0 Å². The summed E-state index contributed by atoms with van der Waals surface area (Å²) in [4.78, 5) is 14.6. The number of ether oxygens (including phenoxy) is 2. The molecule has 0 amide bonds. The molecular weight excluding hydrogens is 222 g/mol. The summed E-state index contributed by atoms with van der Waals surface area (Å²) < 4.78 is 10.6. The van der Waals surface area contributed by atoms with Crippen molar-refractivity contribution in [1.82, 2.24) is 4.98 Å². The fraction of sp³-hybridized carbons (Fsp3) is 0.500. The fourth-order valence-corrected chi connectivity index (χ4v) is 1.15. The highest BCUT2D eigenvalue weighted by atomic mass is 16.5. The molecule has 17 heavy (non-hydrogen) atoms. The van der Waals surface area contributed by atoms with Crippen LogP contribution in [0.2, 0.25) is 0 Å². The molecule has 0 saturated heterocycles. The van der Waals surface area contributed by atoms with Crippen molar-refractivity contribution in [2.75, 3.05) is 19.8 Å². The molecule has 1 aromatic rings. The predicted octanol–water partition coefficient (Wildman–Crippen LogP) is 1.83. The average Bonchev–Trinajstić information content (AvgIpc) is 2.28. The molecule has 0 fully saturated rings. The van der Waals surface area contributed by atoms with Crippen LogP contribution in [0.4, 0.5) is 0 Å². The Morgan fingerprint density at radius 2 is 2.24 bits per heavy atom. The second-order valence-corrected chi connectivity index (χ2v) is 4.01. The lowest BCUT2D eigenvalue weighted by Gasteiger charge is -2.08. The van der Waals surface area contributed by atoms with Gasteiger partial charge < -0.3 is 14.6 Å². The number of hydrogen-bond acceptors (Lipinski definition) is 4. The summed E-state index contributed by atoms with van der Waals surface area (Å²) in [6.07, 6.45) is 1.41. The molecule has 0 aliphatic heterocycles. The van der Waals surface area contributed by atoms with E-state index in [1.807, 2.05) is 0 Å². The maximum Gasteiger partial charge on any atom is 0.335 e. The van der Waals surface area contributed by atoms with Crippen molar-refractivity contribution in [3.8, 4) is 5.88 Å². The lowest BCUT2D eigenvalue weighted by atomic mass is 10.2. The third-order valence-corrected chi connectivity index (χ3v) is 1.91. The lowest BCUT2D eigenvalue weighted by molar-refractivity contribution is 0.0694. The minimum Gasteiger partial charge on any atom is -0.478 e. The minimum atomic E-state index is -0.992. The fourth-order valence-electron chi connectivity index (χ4n) is 1.15. The van der Waals surface area contributed by atoms with Crippen LogP contribution in [0.1, 0.15) is 24.2 Å². The second kappa shape index (κ2) is 6.85. The van der Waals surface area contributed by atoms with Gasteiger partial charge in [-0.15, -0.1) is 0 Å². The van der Waals surface area contributed by atoms with E-state index in [1.165, 1.54) is 18.3 Å². The topological polar surface area (TPSA) is 68.7 Å². The first kappa shape index (κ1) is 13.4. The van der Waals surface area contributed by atoms with Crippen LogP contribution < -0.4 is 4.74 Å². The highest BCUT2D eigenvalue weighted by Crippen LogP contribution is 2.09. The molecular formula is C12H17NO4. The zero-order valence-corrected chi connectivity index (χ0v) is 10.0. The van der Waals surface area contributed by atoms with Gasteiger partial charge in [-0.25, -0.2) is 9.78 Å². The molecule has 0 saturated carbocycles. The summed E-state index contributed by atoms with van der Waals surface area (Å²) in [5.74, 6) is -0.199. The number of pyridine rings is 1. The first-order valence-corrected chi connectivity index (χ1v) is 5.49. The van der Waals surface area contributed by atoms with E-state index in [4.69, 9.17) is 14.6 Å². The van der Waals surface area contributed by atoms with E-state index in [0.29, 0.717) is 31.6 Å². The van der Waals surface area contributed by atoms with Gasteiger partial charge in [0.25, 0.3) is 0 Å².